The molecule has 0 fully saturated rings. The molecule has 3 heteroatoms. The Morgan fingerprint density at radius 3 is 2.67 bits per heavy atom. The normalized spacial score (nSPS) is 25.4. The lowest BCUT2D eigenvalue weighted by Crippen LogP contribution is -2.18. The van der Waals surface area contributed by atoms with Crippen LogP contribution in [0.2, 0.25) is 0 Å². The molecule has 0 aromatic heterocycles. The topological polar surface area (TPSA) is 20.2 Å². The molecule has 1 aromatic carbocycles. The van der Waals surface area contributed by atoms with Crippen molar-refractivity contribution in [3.05, 3.63) is 35.4 Å². The Hall–Kier alpha value is -0.240. The van der Waals surface area contributed by atoms with E-state index in [0.717, 1.165) is 11.1 Å². The second-order valence-electron chi connectivity index (χ2n) is 3.04. The van der Waals surface area contributed by atoms with Crippen LogP contribution in [-0.4, -0.2) is 9.44 Å². The molecule has 1 unspecified atom stereocenters. The van der Waals surface area contributed by atoms with E-state index in [9.17, 15) is 5.11 Å². The molecule has 1 nitrogen and oxygen atoms in total. The number of hydrogen-bond acceptors (Lipinski definition) is 1. The molecule has 12 heavy (non-hydrogen) atoms. The van der Waals surface area contributed by atoms with Gasteiger partial charge in [0.2, 0.25) is 0 Å². The third-order valence-corrected chi connectivity index (χ3v) is 2.86. The first kappa shape index (κ1) is 8.36. The Kier molecular flexibility index (Phi) is 1.83. The van der Waals surface area contributed by atoms with Crippen molar-refractivity contribution in [3.63, 3.8) is 0 Å². The summed E-state index contributed by atoms with van der Waals surface area (Å²) in [5.41, 5.74) is 1.89. The lowest BCUT2D eigenvalue weighted by molar-refractivity contribution is 0.170. The van der Waals surface area contributed by atoms with E-state index in [1.165, 1.54) is 0 Å². The maximum absolute atomic E-state index is 9.65. The number of hydrogen-bond donors (Lipinski definition) is 1. The van der Waals surface area contributed by atoms with Crippen LogP contribution in [0.1, 0.15) is 17.2 Å². The van der Waals surface area contributed by atoms with Crippen LogP contribution < -0.4 is 0 Å². The maximum atomic E-state index is 9.65. The summed E-state index contributed by atoms with van der Waals surface area (Å²) < 4.78 is -1.04. The van der Waals surface area contributed by atoms with Crippen LogP contribution in [0, 0.1) is 0 Å². The monoisotopic (exact) mass is 202 g/mol. The molecule has 0 heterocycles. The quantitative estimate of drug-likeness (QED) is 0.642. The summed E-state index contributed by atoms with van der Waals surface area (Å²) in [5.74, 6) is 0. The molecule has 0 aliphatic heterocycles. The molecule has 1 atom stereocenters. The molecular weight excluding hydrogens is 195 g/mol. The van der Waals surface area contributed by atoms with E-state index in [1.54, 1.807) is 0 Å². The van der Waals surface area contributed by atoms with Gasteiger partial charge in [0.25, 0.3) is 0 Å². The number of alkyl halides is 2. The van der Waals surface area contributed by atoms with Gasteiger partial charge in [0.15, 0.2) is 4.33 Å². The highest BCUT2D eigenvalue weighted by atomic mass is 35.5. The van der Waals surface area contributed by atoms with E-state index < -0.39 is 10.4 Å². The SMILES string of the molecule is OC1c2ccccc2CC1(Cl)Cl. The van der Waals surface area contributed by atoms with Crippen molar-refractivity contribution < 1.29 is 5.11 Å². The second-order valence-corrected chi connectivity index (χ2v) is 4.58. The van der Waals surface area contributed by atoms with Gasteiger partial charge < -0.3 is 5.11 Å². The van der Waals surface area contributed by atoms with E-state index in [-0.39, 0.29) is 0 Å². The number of aliphatic hydroxyl groups excluding tert-OH is 1. The lowest BCUT2D eigenvalue weighted by atomic mass is 10.1. The van der Waals surface area contributed by atoms with Gasteiger partial charge in [0, 0.05) is 6.42 Å². The number of rotatable bonds is 0. The zero-order valence-electron chi connectivity index (χ0n) is 6.30. The Labute approximate surface area is 80.9 Å². The fourth-order valence-electron chi connectivity index (χ4n) is 1.54. The van der Waals surface area contributed by atoms with E-state index in [0.29, 0.717) is 6.42 Å². The van der Waals surface area contributed by atoms with Crippen molar-refractivity contribution in [3.8, 4) is 0 Å². The average molecular weight is 203 g/mol. The molecule has 0 spiro atoms. The second kappa shape index (κ2) is 2.63. The molecule has 1 N–H and O–H groups in total. The van der Waals surface area contributed by atoms with Gasteiger partial charge in [-0.3, -0.25) is 0 Å². The first-order valence-corrected chi connectivity index (χ1v) is 4.50. The molecule has 1 aliphatic rings. The highest BCUT2D eigenvalue weighted by Crippen LogP contribution is 2.46. The summed E-state index contributed by atoms with van der Waals surface area (Å²) in [5, 5.41) is 9.65. The summed E-state index contributed by atoms with van der Waals surface area (Å²) in [6, 6.07) is 7.58. The van der Waals surface area contributed by atoms with Gasteiger partial charge in [0.05, 0.1) is 0 Å². The van der Waals surface area contributed by atoms with Crippen LogP contribution in [0.15, 0.2) is 24.3 Å². The third-order valence-electron chi connectivity index (χ3n) is 2.18. The first-order valence-electron chi connectivity index (χ1n) is 3.75. The Bertz CT molecular complexity index is 309. The average Bonchev–Trinajstić information content (AvgIpc) is 2.24. The molecule has 64 valence electrons. The van der Waals surface area contributed by atoms with Crippen molar-refractivity contribution in [2.45, 2.75) is 16.9 Å². The van der Waals surface area contributed by atoms with Gasteiger partial charge in [0.1, 0.15) is 6.10 Å². The largest absolute Gasteiger partial charge is 0.385 e. The Morgan fingerprint density at radius 1 is 1.33 bits per heavy atom. The van der Waals surface area contributed by atoms with E-state index in [1.807, 2.05) is 24.3 Å². The number of benzene rings is 1. The predicted molar refractivity (Wildman–Crippen MR) is 49.5 cm³/mol. The molecule has 2 rings (SSSR count). The fraction of sp³-hybridized carbons (Fsp3) is 0.333. The van der Waals surface area contributed by atoms with E-state index >= 15 is 0 Å². The summed E-state index contributed by atoms with van der Waals surface area (Å²) in [6.07, 6.45) is -0.231. The number of aliphatic hydroxyl groups is 1. The summed E-state index contributed by atoms with van der Waals surface area (Å²) in [7, 11) is 0. The standard InChI is InChI=1S/C9H8Cl2O/c10-9(11)5-6-3-1-2-4-7(6)8(9)12/h1-4,8,12H,5H2. The zero-order valence-corrected chi connectivity index (χ0v) is 7.81. The van der Waals surface area contributed by atoms with Crippen molar-refractivity contribution in [1.29, 1.82) is 0 Å². The van der Waals surface area contributed by atoms with Crippen molar-refractivity contribution in [2.75, 3.05) is 0 Å². The van der Waals surface area contributed by atoms with E-state index in [2.05, 4.69) is 0 Å². The van der Waals surface area contributed by atoms with Crippen molar-refractivity contribution >= 4 is 23.2 Å². The van der Waals surface area contributed by atoms with Crippen LogP contribution in [-0.2, 0) is 6.42 Å². The minimum Gasteiger partial charge on any atom is -0.385 e. The van der Waals surface area contributed by atoms with Gasteiger partial charge in [-0.15, -0.1) is 0 Å². The van der Waals surface area contributed by atoms with Crippen LogP contribution in [0.4, 0.5) is 0 Å². The smallest absolute Gasteiger partial charge is 0.152 e. The van der Waals surface area contributed by atoms with Gasteiger partial charge in [-0.25, -0.2) is 0 Å². The Balaban J connectivity index is 2.49. The highest BCUT2D eigenvalue weighted by Gasteiger charge is 2.42. The maximum Gasteiger partial charge on any atom is 0.152 e. The van der Waals surface area contributed by atoms with Crippen LogP contribution in [0.25, 0.3) is 0 Å². The first-order chi connectivity index (χ1) is 5.61. The van der Waals surface area contributed by atoms with Crippen molar-refractivity contribution in [2.24, 2.45) is 0 Å². The molecule has 1 aliphatic carbocycles. The lowest BCUT2D eigenvalue weighted by Gasteiger charge is -2.16. The fourth-order valence-corrected chi connectivity index (χ4v) is 2.06. The van der Waals surface area contributed by atoms with Gasteiger partial charge in [-0.05, 0) is 11.1 Å². The van der Waals surface area contributed by atoms with Crippen molar-refractivity contribution in [1.82, 2.24) is 0 Å². The van der Waals surface area contributed by atoms with Crippen LogP contribution >= 0.6 is 23.2 Å². The summed E-state index contributed by atoms with van der Waals surface area (Å²) in [6.45, 7) is 0. The molecule has 0 amide bonds. The van der Waals surface area contributed by atoms with Gasteiger partial charge in [-0.1, -0.05) is 47.5 Å². The number of halogens is 2. The summed E-state index contributed by atoms with van der Waals surface area (Å²) >= 11 is 11.8. The van der Waals surface area contributed by atoms with E-state index in [4.69, 9.17) is 23.2 Å². The van der Waals surface area contributed by atoms with Crippen LogP contribution in [0.3, 0.4) is 0 Å². The zero-order chi connectivity index (χ0) is 8.77. The predicted octanol–water partition coefficient (Wildman–Crippen LogP) is 2.45. The third kappa shape index (κ3) is 1.13. The number of fused-ring (bicyclic) bond motifs is 1. The summed E-state index contributed by atoms with van der Waals surface area (Å²) in [4.78, 5) is 0. The van der Waals surface area contributed by atoms with Gasteiger partial charge in [-0.2, -0.15) is 0 Å². The Morgan fingerprint density at radius 2 is 2.00 bits per heavy atom. The minimum atomic E-state index is -1.04. The van der Waals surface area contributed by atoms with Gasteiger partial charge >= 0.3 is 0 Å². The molecule has 0 saturated heterocycles. The highest BCUT2D eigenvalue weighted by molar-refractivity contribution is 6.49. The van der Waals surface area contributed by atoms with Crippen LogP contribution in [0.5, 0.6) is 0 Å². The minimum absolute atomic E-state index is 0.521. The molecular formula is C9H8Cl2O. The molecule has 0 saturated carbocycles. The molecule has 0 radical (unpaired) electrons. The molecule has 1 aromatic rings. The molecule has 0 bridgehead atoms.